The van der Waals surface area contributed by atoms with Crippen LogP contribution in [0.5, 0.6) is 0 Å². The number of nitrogens with zero attached hydrogens (tertiary/aromatic N) is 3. The van der Waals surface area contributed by atoms with E-state index in [4.69, 9.17) is 0 Å². The first kappa shape index (κ1) is 22.7. The second-order valence-corrected chi connectivity index (χ2v) is 10.6. The van der Waals surface area contributed by atoms with Gasteiger partial charge in [0.25, 0.3) is 0 Å². The average Bonchev–Trinajstić information content (AvgIpc) is 3.37. The van der Waals surface area contributed by atoms with Crippen LogP contribution in [0.2, 0.25) is 0 Å². The van der Waals surface area contributed by atoms with E-state index in [9.17, 15) is 9.59 Å². The highest BCUT2D eigenvalue weighted by molar-refractivity contribution is 7.09. The molecule has 0 spiro atoms. The van der Waals surface area contributed by atoms with Crippen molar-refractivity contribution in [1.82, 2.24) is 20.0 Å². The van der Waals surface area contributed by atoms with E-state index in [-0.39, 0.29) is 23.9 Å². The lowest BCUT2D eigenvalue weighted by atomic mass is 9.88. The number of thiophene rings is 1. The highest BCUT2D eigenvalue weighted by atomic mass is 32.1. The number of carbonyl (C=O) groups excluding carboxylic acids is 2. The van der Waals surface area contributed by atoms with Crippen LogP contribution >= 0.6 is 11.3 Å². The Morgan fingerprint density at radius 1 is 1.16 bits per heavy atom. The molecular weight excluding hydrogens is 408 g/mol. The molecule has 1 aromatic rings. The molecule has 0 aromatic carbocycles. The maximum atomic E-state index is 13.4. The monoisotopic (exact) mass is 446 g/mol. The SMILES string of the molecule is CC(=O)N1CC(N(Cc2cccs2)CC2CCCCC2)CC1C(=O)N1CCCNCC1. The first-order chi connectivity index (χ1) is 15.1. The number of nitrogens with one attached hydrogen (secondary N) is 1. The zero-order valence-electron chi connectivity index (χ0n) is 18.9. The molecule has 1 N–H and O–H groups in total. The van der Waals surface area contributed by atoms with E-state index >= 15 is 0 Å². The van der Waals surface area contributed by atoms with E-state index in [1.54, 1.807) is 18.3 Å². The molecule has 1 saturated carbocycles. The predicted molar refractivity (Wildman–Crippen MR) is 125 cm³/mol. The van der Waals surface area contributed by atoms with Crippen molar-refractivity contribution in [2.45, 2.75) is 70.5 Å². The molecule has 2 atom stereocenters. The van der Waals surface area contributed by atoms with Gasteiger partial charge in [-0.2, -0.15) is 0 Å². The summed E-state index contributed by atoms with van der Waals surface area (Å²) in [5.74, 6) is 0.920. The summed E-state index contributed by atoms with van der Waals surface area (Å²) in [5.41, 5.74) is 0. The normalized spacial score (nSPS) is 25.7. The van der Waals surface area contributed by atoms with Crippen LogP contribution in [-0.2, 0) is 16.1 Å². The summed E-state index contributed by atoms with van der Waals surface area (Å²) in [7, 11) is 0. The predicted octanol–water partition coefficient (Wildman–Crippen LogP) is 2.94. The van der Waals surface area contributed by atoms with Gasteiger partial charge in [-0.05, 0) is 49.6 Å². The van der Waals surface area contributed by atoms with Gasteiger partial charge in [-0.15, -0.1) is 11.3 Å². The van der Waals surface area contributed by atoms with Crippen LogP contribution in [0.1, 0.15) is 56.7 Å². The van der Waals surface area contributed by atoms with E-state index in [0.717, 1.165) is 58.0 Å². The molecule has 2 saturated heterocycles. The maximum absolute atomic E-state index is 13.4. The van der Waals surface area contributed by atoms with Gasteiger partial charge in [-0.25, -0.2) is 0 Å². The van der Waals surface area contributed by atoms with Gasteiger partial charge in [0.15, 0.2) is 0 Å². The molecule has 0 bridgehead atoms. The fourth-order valence-electron chi connectivity index (χ4n) is 5.58. The summed E-state index contributed by atoms with van der Waals surface area (Å²) >= 11 is 1.81. The Balaban J connectivity index is 1.48. The van der Waals surface area contributed by atoms with Gasteiger partial charge in [0.1, 0.15) is 6.04 Å². The molecule has 31 heavy (non-hydrogen) atoms. The Labute approximate surface area is 191 Å². The molecule has 2 unspecified atom stereocenters. The Morgan fingerprint density at radius 2 is 2.00 bits per heavy atom. The van der Waals surface area contributed by atoms with Gasteiger partial charge in [-0.1, -0.05) is 25.3 Å². The molecule has 3 heterocycles. The van der Waals surface area contributed by atoms with Crippen molar-refractivity contribution in [2.24, 2.45) is 5.92 Å². The lowest BCUT2D eigenvalue weighted by Gasteiger charge is -2.33. The topological polar surface area (TPSA) is 55.9 Å². The van der Waals surface area contributed by atoms with Crippen LogP contribution in [0.15, 0.2) is 17.5 Å². The Morgan fingerprint density at radius 3 is 2.74 bits per heavy atom. The summed E-state index contributed by atoms with van der Waals surface area (Å²) in [5, 5.41) is 5.52. The third-order valence-corrected chi connectivity index (χ3v) is 8.15. The molecule has 172 valence electrons. The van der Waals surface area contributed by atoms with Gasteiger partial charge in [-0.3, -0.25) is 14.5 Å². The van der Waals surface area contributed by atoms with Crippen molar-refractivity contribution in [1.29, 1.82) is 0 Å². The number of carbonyl (C=O) groups is 2. The Kier molecular flexibility index (Phi) is 8.02. The molecule has 2 aliphatic heterocycles. The fourth-order valence-corrected chi connectivity index (χ4v) is 6.31. The van der Waals surface area contributed by atoms with E-state index in [1.807, 2.05) is 9.80 Å². The summed E-state index contributed by atoms with van der Waals surface area (Å²) < 4.78 is 0. The summed E-state index contributed by atoms with van der Waals surface area (Å²) in [4.78, 5) is 33.7. The highest BCUT2D eigenvalue weighted by Crippen LogP contribution is 2.30. The minimum atomic E-state index is -0.308. The third kappa shape index (κ3) is 5.88. The van der Waals surface area contributed by atoms with Crippen molar-refractivity contribution in [2.75, 3.05) is 39.3 Å². The van der Waals surface area contributed by atoms with E-state index in [2.05, 4.69) is 27.7 Å². The van der Waals surface area contributed by atoms with E-state index < -0.39 is 0 Å². The summed E-state index contributed by atoms with van der Waals surface area (Å²) in [6.45, 7) is 7.65. The van der Waals surface area contributed by atoms with E-state index in [0.29, 0.717) is 6.54 Å². The van der Waals surface area contributed by atoms with Crippen LogP contribution in [0.3, 0.4) is 0 Å². The van der Waals surface area contributed by atoms with Crippen molar-refractivity contribution >= 4 is 23.2 Å². The van der Waals surface area contributed by atoms with Crippen LogP contribution in [-0.4, -0.2) is 77.9 Å². The van der Waals surface area contributed by atoms with Crippen molar-refractivity contribution in [3.05, 3.63) is 22.4 Å². The molecule has 1 aromatic heterocycles. The van der Waals surface area contributed by atoms with Crippen LogP contribution in [0.4, 0.5) is 0 Å². The number of amides is 2. The second kappa shape index (κ2) is 10.9. The average molecular weight is 447 g/mol. The molecule has 0 radical (unpaired) electrons. The summed E-state index contributed by atoms with van der Waals surface area (Å²) in [6, 6.07) is 4.28. The van der Waals surface area contributed by atoms with Crippen LogP contribution in [0, 0.1) is 5.92 Å². The van der Waals surface area contributed by atoms with Gasteiger partial charge in [0, 0.05) is 57.1 Å². The minimum Gasteiger partial charge on any atom is -0.340 e. The van der Waals surface area contributed by atoms with Gasteiger partial charge >= 0.3 is 0 Å². The van der Waals surface area contributed by atoms with Crippen molar-refractivity contribution in [3.63, 3.8) is 0 Å². The van der Waals surface area contributed by atoms with Gasteiger partial charge < -0.3 is 15.1 Å². The van der Waals surface area contributed by atoms with Crippen LogP contribution in [0.25, 0.3) is 0 Å². The fraction of sp³-hybridized carbons (Fsp3) is 0.750. The smallest absolute Gasteiger partial charge is 0.245 e. The van der Waals surface area contributed by atoms with E-state index in [1.165, 1.54) is 37.0 Å². The quantitative estimate of drug-likeness (QED) is 0.730. The van der Waals surface area contributed by atoms with Gasteiger partial charge in [0.05, 0.1) is 0 Å². The molecule has 3 fully saturated rings. The minimum absolute atomic E-state index is 0.0301. The Bertz CT molecular complexity index is 711. The molecule has 2 amide bonds. The zero-order valence-corrected chi connectivity index (χ0v) is 19.7. The number of hydrogen-bond acceptors (Lipinski definition) is 5. The second-order valence-electron chi connectivity index (χ2n) is 9.52. The van der Waals surface area contributed by atoms with Crippen LogP contribution < -0.4 is 5.32 Å². The van der Waals surface area contributed by atoms with Gasteiger partial charge in [0.2, 0.25) is 11.8 Å². The number of hydrogen-bond donors (Lipinski definition) is 1. The van der Waals surface area contributed by atoms with Crippen molar-refractivity contribution < 1.29 is 9.59 Å². The molecule has 1 aliphatic carbocycles. The first-order valence-corrected chi connectivity index (χ1v) is 13.0. The molecule has 6 nitrogen and oxygen atoms in total. The molecule has 3 aliphatic rings. The lowest BCUT2D eigenvalue weighted by Crippen LogP contribution is -2.48. The standard InChI is InChI=1S/C24H38N4O2S/c1-19(29)28-17-21(15-23(28)24(30)26-12-6-10-25-11-13-26)27(18-22-9-5-14-31-22)16-20-7-3-2-4-8-20/h5,9,14,20-21,23,25H,2-4,6-8,10-13,15-18H2,1H3. The number of likely N-dealkylation sites (tertiary alicyclic amines) is 1. The molecular formula is C24H38N4O2S. The largest absolute Gasteiger partial charge is 0.340 e. The number of rotatable bonds is 6. The third-order valence-electron chi connectivity index (χ3n) is 7.29. The van der Waals surface area contributed by atoms with Crippen molar-refractivity contribution in [3.8, 4) is 0 Å². The lowest BCUT2D eigenvalue weighted by molar-refractivity contribution is -0.142. The Hall–Kier alpha value is -1.44. The zero-order chi connectivity index (χ0) is 21.6. The maximum Gasteiger partial charge on any atom is 0.245 e. The highest BCUT2D eigenvalue weighted by Gasteiger charge is 2.42. The molecule has 4 rings (SSSR count). The molecule has 7 heteroatoms. The first-order valence-electron chi connectivity index (χ1n) is 12.1. The summed E-state index contributed by atoms with van der Waals surface area (Å²) in [6.07, 6.45) is 8.41.